The minimum absolute atomic E-state index is 0.0652. The van der Waals surface area contributed by atoms with E-state index >= 15 is 0 Å². The molecule has 0 heterocycles. The van der Waals surface area contributed by atoms with Crippen LogP contribution < -0.4 is 4.72 Å². The van der Waals surface area contributed by atoms with Crippen molar-refractivity contribution in [2.75, 3.05) is 0 Å². The summed E-state index contributed by atoms with van der Waals surface area (Å²) in [5.41, 5.74) is 4.87. The van der Waals surface area contributed by atoms with Gasteiger partial charge in [0.15, 0.2) is 5.78 Å². The van der Waals surface area contributed by atoms with E-state index in [-0.39, 0.29) is 29.5 Å². The number of hydrogen-bond donors (Lipinski definition) is 2. The van der Waals surface area contributed by atoms with E-state index in [1.807, 2.05) is 58.0 Å². The fourth-order valence-corrected chi connectivity index (χ4v) is 4.51. The van der Waals surface area contributed by atoms with Gasteiger partial charge in [-0.1, -0.05) is 79.7 Å². The van der Waals surface area contributed by atoms with E-state index in [0.29, 0.717) is 11.1 Å². The summed E-state index contributed by atoms with van der Waals surface area (Å²) < 4.78 is 35.8. The second kappa shape index (κ2) is 10.3. The van der Waals surface area contributed by atoms with Crippen molar-refractivity contribution in [3.63, 3.8) is 0 Å². The maximum atomic E-state index is 13.9. The molecule has 2 N–H and O–H groups in total. The van der Waals surface area contributed by atoms with Crippen molar-refractivity contribution < 1.29 is 17.8 Å². The third-order valence-corrected chi connectivity index (χ3v) is 6.36. The summed E-state index contributed by atoms with van der Waals surface area (Å²) in [6, 6.07) is 10.3. The lowest BCUT2D eigenvalue weighted by Gasteiger charge is -2.26. The first-order valence-electron chi connectivity index (χ1n) is 11.3. The first kappa shape index (κ1) is 26.2. The zero-order chi connectivity index (χ0) is 24.4. The molecule has 1 unspecified atom stereocenters. The molecule has 6 heteroatoms. The third kappa shape index (κ3) is 6.27. The Morgan fingerprint density at radius 3 is 1.56 bits per heavy atom. The van der Waals surface area contributed by atoms with Crippen molar-refractivity contribution in [1.82, 2.24) is 4.72 Å². The molecule has 176 valence electrons. The Morgan fingerprint density at radius 2 is 1.22 bits per heavy atom. The second-order valence-corrected chi connectivity index (χ2v) is 10.9. The number of carbonyl (C=O) groups excluding carboxylic acids is 1. The average molecular weight is 460 g/mol. The molecule has 0 bridgehead atoms. The number of nitrogens with one attached hydrogen (secondary N) is 1. The van der Waals surface area contributed by atoms with Gasteiger partial charge < -0.3 is 0 Å². The van der Waals surface area contributed by atoms with Crippen LogP contribution in [0.3, 0.4) is 0 Å². The molecular weight excluding hydrogens is 422 g/mol. The number of ketones is 1. The molecule has 2 rings (SSSR count). The summed E-state index contributed by atoms with van der Waals surface area (Å²) in [7, 11) is -4.63. The van der Waals surface area contributed by atoms with Gasteiger partial charge in [0.25, 0.3) is 0 Å². The zero-order valence-corrected chi connectivity index (χ0v) is 21.2. The van der Waals surface area contributed by atoms with Gasteiger partial charge in [-0.2, -0.15) is 13.1 Å². The van der Waals surface area contributed by atoms with Gasteiger partial charge in [-0.15, -0.1) is 0 Å². The minimum Gasteiger partial charge on any atom is -0.292 e. The third-order valence-electron chi connectivity index (χ3n) is 5.83. The van der Waals surface area contributed by atoms with E-state index in [2.05, 4.69) is 38.5 Å². The predicted molar refractivity (Wildman–Crippen MR) is 131 cm³/mol. The highest BCUT2D eigenvalue weighted by atomic mass is 32.2. The summed E-state index contributed by atoms with van der Waals surface area (Å²) in [5.74, 6) is 0.178. The van der Waals surface area contributed by atoms with Crippen LogP contribution in [0.4, 0.5) is 0 Å². The molecule has 0 fully saturated rings. The molecule has 0 aliphatic carbocycles. The van der Waals surface area contributed by atoms with E-state index in [9.17, 15) is 17.8 Å². The van der Waals surface area contributed by atoms with Crippen molar-refractivity contribution in [2.24, 2.45) is 0 Å². The number of Topliss-reactive ketones (excluding diaryl/α,β-unsaturated/α-hetero) is 1. The molecule has 1 atom stereocenters. The largest absolute Gasteiger partial charge is 0.334 e. The maximum Gasteiger partial charge on any atom is 0.334 e. The highest BCUT2D eigenvalue weighted by molar-refractivity contribution is 7.83. The standard InChI is InChI=1S/C26H37NO4S/c1-15(2)19-12-20(16(3)4)14-21(13-19)26(28)25(27-32(29,30)31)24-22(17(5)6)10-9-11-23(24)18(7)8/h9-18,25,27H,1-8H3,(H,29,30,31). The van der Waals surface area contributed by atoms with Gasteiger partial charge in [0.2, 0.25) is 0 Å². The van der Waals surface area contributed by atoms with Gasteiger partial charge in [0.05, 0.1) is 0 Å². The number of rotatable bonds is 9. The Hall–Kier alpha value is -2.02. The molecule has 0 aromatic heterocycles. The minimum atomic E-state index is -4.63. The molecule has 0 aliphatic rings. The normalized spacial score (nSPS) is 13.4. The Bertz CT molecular complexity index is 1020. The summed E-state index contributed by atoms with van der Waals surface area (Å²) in [6.45, 7) is 16.3. The number of benzene rings is 2. The molecule has 0 saturated carbocycles. The first-order chi connectivity index (χ1) is 14.7. The van der Waals surface area contributed by atoms with Crippen LogP contribution in [0.5, 0.6) is 0 Å². The quantitative estimate of drug-likeness (QED) is 0.331. The number of carbonyl (C=O) groups is 1. The van der Waals surface area contributed by atoms with Crippen molar-refractivity contribution in [2.45, 2.75) is 85.1 Å². The topological polar surface area (TPSA) is 83.5 Å². The van der Waals surface area contributed by atoms with E-state index < -0.39 is 16.3 Å². The van der Waals surface area contributed by atoms with Gasteiger partial charge in [-0.3, -0.25) is 9.35 Å². The fraction of sp³-hybridized carbons (Fsp3) is 0.500. The Labute approximate surface area is 193 Å². The van der Waals surface area contributed by atoms with Gasteiger partial charge in [-0.05, 0) is 63.6 Å². The van der Waals surface area contributed by atoms with Crippen molar-refractivity contribution >= 4 is 16.1 Å². The lowest BCUT2D eigenvalue weighted by molar-refractivity contribution is 0.0950. The van der Waals surface area contributed by atoms with E-state index in [1.165, 1.54) is 0 Å². The van der Waals surface area contributed by atoms with E-state index in [0.717, 1.165) is 22.3 Å². The van der Waals surface area contributed by atoms with Crippen LogP contribution in [0.2, 0.25) is 0 Å². The molecule has 0 spiro atoms. The van der Waals surface area contributed by atoms with Crippen LogP contribution in [0.15, 0.2) is 36.4 Å². The van der Waals surface area contributed by atoms with Gasteiger partial charge in [-0.25, -0.2) is 0 Å². The summed E-state index contributed by atoms with van der Waals surface area (Å²) in [5, 5.41) is 0. The zero-order valence-electron chi connectivity index (χ0n) is 20.4. The lowest BCUT2D eigenvalue weighted by atomic mass is 9.82. The van der Waals surface area contributed by atoms with Gasteiger partial charge in [0, 0.05) is 5.56 Å². The van der Waals surface area contributed by atoms with Crippen molar-refractivity contribution in [3.8, 4) is 0 Å². The molecule has 0 amide bonds. The van der Waals surface area contributed by atoms with Crippen LogP contribution in [-0.2, 0) is 10.3 Å². The summed E-state index contributed by atoms with van der Waals surface area (Å²) in [4.78, 5) is 13.9. The molecule has 2 aromatic carbocycles. The van der Waals surface area contributed by atoms with E-state index in [1.54, 1.807) is 0 Å². The van der Waals surface area contributed by atoms with E-state index in [4.69, 9.17) is 0 Å². The summed E-state index contributed by atoms with van der Waals surface area (Å²) >= 11 is 0. The fourth-order valence-electron chi connectivity index (χ4n) is 3.99. The van der Waals surface area contributed by atoms with Crippen molar-refractivity contribution in [1.29, 1.82) is 0 Å². The molecule has 5 nitrogen and oxygen atoms in total. The molecule has 32 heavy (non-hydrogen) atoms. The molecule has 0 aliphatic heterocycles. The lowest BCUT2D eigenvalue weighted by Crippen LogP contribution is -2.35. The van der Waals surface area contributed by atoms with Crippen LogP contribution in [0.25, 0.3) is 0 Å². The van der Waals surface area contributed by atoms with Gasteiger partial charge in [0.1, 0.15) is 6.04 Å². The van der Waals surface area contributed by atoms with Crippen LogP contribution in [0, 0.1) is 0 Å². The van der Waals surface area contributed by atoms with Crippen LogP contribution >= 0.6 is 0 Å². The highest BCUT2D eigenvalue weighted by Gasteiger charge is 2.32. The smallest absolute Gasteiger partial charge is 0.292 e. The van der Waals surface area contributed by atoms with Crippen LogP contribution in [0.1, 0.15) is 123 Å². The van der Waals surface area contributed by atoms with Crippen LogP contribution in [-0.4, -0.2) is 18.8 Å². The second-order valence-electron chi connectivity index (χ2n) is 9.75. The highest BCUT2D eigenvalue weighted by Crippen LogP contribution is 2.35. The first-order valence-corrected chi connectivity index (χ1v) is 12.7. The Balaban J connectivity index is 2.81. The predicted octanol–water partition coefficient (Wildman–Crippen LogP) is 6.50. The monoisotopic (exact) mass is 459 g/mol. The van der Waals surface area contributed by atoms with Crippen molar-refractivity contribution in [3.05, 3.63) is 69.8 Å². The molecule has 2 aromatic rings. The summed E-state index contributed by atoms with van der Waals surface area (Å²) in [6.07, 6.45) is 0. The molecule has 0 saturated heterocycles. The average Bonchev–Trinajstić information content (AvgIpc) is 2.69. The Kier molecular flexibility index (Phi) is 8.43. The van der Waals surface area contributed by atoms with Gasteiger partial charge >= 0.3 is 10.3 Å². The molecule has 0 radical (unpaired) electrons. The Morgan fingerprint density at radius 1 is 0.781 bits per heavy atom. The maximum absolute atomic E-state index is 13.9. The number of hydrogen-bond acceptors (Lipinski definition) is 3. The molecular formula is C26H37NO4S. The SMILES string of the molecule is CC(C)c1cc(C(=O)C(NS(=O)(=O)O)c2c(C(C)C)cccc2C(C)C)cc(C(C)C)c1.